The van der Waals surface area contributed by atoms with Crippen molar-refractivity contribution in [1.82, 2.24) is 19.5 Å². The Kier molecular flexibility index (Phi) is 7.64. The number of thiophene rings is 1. The molecule has 4 aromatic heterocycles. The summed E-state index contributed by atoms with van der Waals surface area (Å²) in [6.45, 7) is 0. The van der Waals surface area contributed by atoms with Crippen molar-refractivity contribution in [2.75, 3.05) is 0 Å². The fourth-order valence-corrected chi connectivity index (χ4v) is 9.34. The van der Waals surface area contributed by atoms with Crippen molar-refractivity contribution in [3.63, 3.8) is 0 Å². The van der Waals surface area contributed by atoms with Crippen LogP contribution < -0.4 is 0 Å². The lowest BCUT2D eigenvalue weighted by atomic mass is 10.0. The van der Waals surface area contributed by atoms with Gasteiger partial charge in [0.05, 0.1) is 32.8 Å². The van der Waals surface area contributed by atoms with Gasteiger partial charge in [-0.25, -0.2) is 15.0 Å². The second-order valence-corrected chi connectivity index (χ2v) is 15.0. The molecule has 0 amide bonds. The third kappa shape index (κ3) is 5.40. The molecule has 0 saturated carbocycles. The number of fused-ring (bicyclic) bond motifs is 7. The molecule has 0 spiro atoms. The van der Waals surface area contributed by atoms with Crippen LogP contribution in [-0.2, 0) is 0 Å². The van der Waals surface area contributed by atoms with Crippen molar-refractivity contribution in [2.45, 2.75) is 0 Å². The summed E-state index contributed by atoms with van der Waals surface area (Å²) in [5.74, 6) is 0.713. The van der Waals surface area contributed by atoms with E-state index in [0.29, 0.717) is 5.82 Å². The molecule has 0 N–H and O–H groups in total. The third-order valence-corrected chi connectivity index (χ3v) is 11.8. The average Bonchev–Trinajstić information content (AvgIpc) is 3.82. The van der Waals surface area contributed by atoms with E-state index in [4.69, 9.17) is 15.0 Å². The van der Waals surface area contributed by atoms with Gasteiger partial charge < -0.3 is 4.57 Å². The number of hydrogen-bond donors (Lipinski definition) is 0. The Bertz CT molecular complexity index is 3160. The van der Waals surface area contributed by atoms with E-state index in [1.165, 1.54) is 36.6 Å². The Morgan fingerprint density at radius 2 is 0.964 bits per heavy atom. The topological polar surface area (TPSA) is 43.6 Å². The van der Waals surface area contributed by atoms with E-state index in [-0.39, 0.29) is 0 Å². The number of hydrogen-bond acceptors (Lipinski definition) is 4. The Balaban J connectivity index is 1.04. The minimum absolute atomic E-state index is 0.713. The van der Waals surface area contributed by atoms with Crippen LogP contribution in [0.4, 0.5) is 0 Å². The Morgan fingerprint density at radius 3 is 1.70 bits per heavy atom. The molecule has 0 fully saturated rings. The lowest BCUT2D eigenvalue weighted by Gasteiger charge is -2.11. The van der Waals surface area contributed by atoms with Crippen molar-refractivity contribution in [2.24, 2.45) is 0 Å². The predicted octanol–water partition coefficient (Wildman–Crippen LogP) is 13.7. The summed E-state index contributed by atoms with van der Waals surface area (Å²) in [6.07, 6.45) is 0. The molecule has 0 unspecified atom stereocenters. The van der Waals surface area contributed by atoms with Crippen LogP contribution in [0.25, 0.3) is 104 Å². The average molecular weight is 733 g/mol. The molecule has 0 aliphatic heterocycles. The lowest BCUT2D eigenvalue weighted by Crippen LogP contribution is -1.96. The number of rotatable bonds is 6. The fraction of sp³-hybridized carbons (Fsp3) is 0. The molecule has 0 aliphatic rings. The van der Waals surface area contributed by atoms with Crippen LogP contribution in [0.2, 0.25) is 0 Å². The van der Waals surface area contributed by atoms with Crippen molar-refractivity contribution >= 4 is 53.4 Å². The van der Waals surface area contributed by atoms with E-state index in [1.807, 2.05) is 47.7 Å². The van der Waals surface area contributed by atoms with Gasteiger partial charge in [-0.05, 0) is 41.5 Å². The van der Waals surface area contributed by atoms with Crippen LogP contribution in [-0.4, -0.2) is 19.5 Å². The Morgan fingerprint density at radius 1 is 0.393 bits per heavy atom. The molecule has 11 aromatic rings. The molecule has 0 aliphatic carbocycles. The first-order valence-electron chi connectivity index (χ1n) is 18.8. The minimum atomic E-state index is 0.713. The highest BCUT2D eigenvalue weighted by molar-refractivity contribution is 7.26. The number of benzene rings is 7. The first kappa shape index (κ1) is 32.2. The Hall–Kier alpha value is -7.21. The fourth-order valence-electron chi connectivity index (χ4n) is 7.97. The van der Waals surface area contributed by atoms with E-state index in [0.717, 1.165) is 61.7 Å². The maximum Gasteiger partial charge on any atom is 0.160 e. The highest BCUT2D eigenvalue weighted by atomic mass is 32.1. The monoisotopic (exact) mass is 732 g/mol. The highest BCUT2D eigenvalue weighted by Gasteiger charge is 2.22. The van der Waals surface area contributed by atoms with Crippen molar-refractivity contribution in [3.8, 4) is 62.0 Å². The van der Waals surface area contributed by atoms with E-state index >= 15 is 0 Å². The molecule has 56 heavy (non-hydrogen) atoms. The van der Waals surface area contributed by atoms with Crippen LogP contribution in [0.1, 0.15) is 0 Å². The third-order valence-electron chi connectivity index (χ3n) is 10.6. The molecule has 0 bridgehead atoms. The molecule has 5 heteroatoms. The zero-order valence-corrected chi connectivity index (χ0v) is 31.0. The highest BCUT2D eigenvalue weighted by Crippen LogP contribution is 2.47. The maximum absolute atomic E-state index is 5.25. The second-order valence-electron chi connectivity index (χ2n) is 14.0. The van der Waals surface area contributed by atoms with Crippen LogP contribution in [0.3, 0.4) is 0 Å². The van der Waals surface area contributed by atoms with E-state index in [1.54, 1.807) is 0 Å². The largest absolute Gasteiger partial charge is 0.301 e. The van der Waals surface area contributed by atoms with Crippen LogP contribution in [0.5, 0.6) is 0 Å². The van der Waals surface area contributed by atoms with Gasteiger partial charge in [0.2, 0.25) is 0 Å². The van der Waals surface area contributed by atoms with Gasteiger partial charge in [-0.3, -0.25) is 0 Å². The summed E-state index contributed by atoms with van der Waals surface area (Å²) in [4.78, 5) is 16.5. The predicted molar refractivity (Wildman–Crippen MR) is 234 cm³/mol. The maximum atomic E-state index is 5.25. The SMILES string of the molecule is c1ccc(-c2cc(-c3ccc(-c4cccc(-n5c6ccccc6c6c7c(sc65)c(-c5ccccc5)nc5ccccc57)c4)cc3)nc(-c3ccccc3)n2)cc1. The number of aromatic nitrogens is 4. The summed E-state index contributed by atoms with van der Waals surface area (Å²) in [7, 11) is 0. The lowest BCUT2D eigenvalue weighted by molar-refractivity contribution is 1.18. The van der Waals surface area contributed by atoms with E-state index < -0.39 is 0 Å². The number of para-hydroxylation sites is 2. The van der Waals surface area contributed by atoms with Gasteiger partial charge >= 0.3 is 0 Å². The minimum Gasteiger partial charge on any atom is -0.301 e. The van der Waals surface area contributed by atoms with Crippen LogP contribution in [0.15, 0.2) is 194 Å². The van der Waals surface area contributed by atoms with Crippen LogP contribution >= 0.6 is 11.3 Å². The van der Waals surface area contributed by atoms with Gasteiger partial charge in [-0.2, -0.15) is 0 Å². The first-order valence-corrected chi connectivity index (χ1v) is 19.6. The van der Waals surface area contributed by atoms with Gasteiger partial charge in [0.25, 0.3) is 0 Å². The summed E-state index contributed by atoms with van der Waals surface area (Å²) < 4.78 is 3.65. The summed E-state index contributed by atoms with van der Waals surface area (Å²) >= 11 is 1.83. The van der Waals surface area contributed by atoms with Crippen LogP contribution in [0, 0.1) is 0 Å². The standard InChI is InChI=1S/C51H32N4S/c1-4-15-34(16-5-1)43-32-44(54-50(53-43)37-19-8-3-9-20-37)35-29-27-33(28-30-35)38-21-14-22-39(31-38)55-45-26-13-11-24-41(45)47-46-40-23-10-12-25-42(40)52-48(49(46)56-51(47)55)36-17-6-2-7-18-36/h1-32H. The van der Waals surface area contributed by atoms with Gasteiger partial charge in [-0.15, -0.1) is 11.3 Å². The molecular weight excluding hydrogens is 701 g/mol. The molecule has 262 valence electrons. The molecule has 7 aromatic carbocycles. The zero-order valence-electron chi connectivity index (χ0n) is 30.2. The number of pyridine rings is 1. The number of nitrogens with zero attached hydrogens (tertiary/aromatic N) is 4. The molecule has 0 atom stereocenters. The van der Waals surface area contributed by atoms with Gasteiger partial charge in [0.1, 0.15) is 4.83 Å². The quantitative estimate of drug-likeness (QED) is 0.171. The first-order chi connectivity index (χ1) is 27.8. The summed E-state index contributed by atoms with van der Waals surface area (Å²) in [6, 6.07) is 68.2. The van der Waals surface area contributed by atoms with E-state index in [9.17, 15) is 0 Å². The van der Waals surface area contributed by atoms with Crippen molar-refractivity contribution < 1.29 is 0 Å². The van der Waals surface area contributed by atoms with Gasteiger partial charge in [0, 0.05) is 49.5 Å². The van der Waals surface area contributed by atoms with Gasteiger partial charge in [-0.1, -0.05) is 164 Å². The zero-order chi connectivity index (χ0) is 37.0. The molecule has 0 saturated heterocycles. The van der Waals surface area contributed by atoms with Crippen molar-refractivity contribution in [1.29, 1.82) is 0 Å². The molecule has 4 nitrogen and oxygen atoms in total. The molecule has 4 heterocycles. The molecule has 0 radical (unpaired) electrons. The summed E-state index contributed by atoms with van der Waals surface area (Å²) in [5, 5.41) is 4.97. The van der Waals surface area contributed by atoms with E-state index in [2.05, 4.69) is 162 Å². The van der Waals surface area contributed by atoms with Crippen molar-refractivity contribution in [3.05, 3.63) is 194 Å². The Labute approximate surface area is 327 Å². The normalized spacial score (nSPS) is 11.6. The molecular formula is C51H32N4S. The smallest absolute Gasteiger partial charge is 0.160 e. The molecule has 11 rings (SSSR count). The van der Waals surface area contributed by atoms with Gasteiger partial charge in [0.15, 0.2) is 5.82 Å². The summed E-state index contributed by atoms with van der Waals surface area (Å²) in [5.41, 5.74) is 12.7. The second kappa shape index (κ2) is 13.3.